The topological polar surface area (TPSA) is 29.5 Å². The van der Waals surface area contributed by atoms with Gasteiger partial charge in [-0.05, 0) is 29.5 Å². The van der Waals surface area contributed by atoms with Crippen LogP contribution in [-0.4, -0.2) is 12.2 Å². The Morgan fingerprint density at radius 1 is 1.05 bits per heavy atom. The lowest BCUT2D eigenvalue weighted by molar-refractivity contribution is 0.0736. The van der Waals surface area contributed by atoms with E-state index in [4.69, 9.17) is 4.74 Å². The standard InChI is InChI=1S/C19H24O2/c1-5-19(20,17-8-6-7-9-18(17)21-4)16-12-10-15(11-13-16)14(2)3/h6-14,20H,5H2,1-4H3/t19-/m1/s1. The number of aliphatic hydroxyl groups is 1. The second-order valence-electron chi connectivity index (χ2n) is 5.69. The predicted molar refractivity (Wildman–Crippen MR) is 86.8 cm³/mol. The van der Waals surface area contributed by atoms with Crippen LogP contribution in [0.4, 0.5) is 0 Å². The van der Waals surface area contributed by atoms with Gasteiger partial charge >= 0.3 is 0 Å². The van der Waals surface area contributed by atoms with Crippen molar-refractivity contribution in [1.82, 2.24) is 0 Å². The second-order valence-corrected chi connectivity index (χ2v) is 5.69. The summed E-state index contributed by atoms with van der Waals surface area (Å²) < 4.78 is 5.42. The summed E-state index contributed by atoms with van der Waals surface area (Å²) in [5.74, 6) is 1.20. The van der Waals surface area contributed by atoms with E-state index in [9.17, 15) is 5.11 Å². The lowest BCUT2D eigenvalue weighted by Gasteiger charge is -2.29. The lowest BCUT2D eigenvalue weighted by atomic mass is 9.83. The van der Waals surface area contributed by atoms with Crippen molar-refractivity contribution in [2.75, 3.05) is 7.11 Å². The number of methoxy groups -OCH3 is 1. The van der Waals surface area contributed by atoms with Crippen LogP contribution in [0.1, 0.15) is 49.8 Å². The maximum absolute atomic E-state index is 11.2. The molecular weight excluding hydrogens is 260 g/mol. The van der Waals surface area contributed by atoms with Crippen LogP contribution in [0.25, 0.3) is 0 Å². The van der Waals surface area contributed by atoms with E-state index in [0.717, 1.165) is 16.9 Å². The third-order valence-corrected chi connectivity index (χ3v) is 4.12. The van der Waals surface area contributed by atoms with Gasteiger partial charge in [0.15, 0.2) is 0 Å². The molecule has 0 saturated heterocycles. The Morgan fingerprint density at radius 3 is 2.19 bits per heavy atom. The fourth-order valence-corrected chi connectivity index (χ4v) is 2.68. The van der Waals surface area contributed by atoms with Crippen LogP contribution in [0.2, 0.25) is 0 Å². The lowest BCUT2D eigenvalue weighted by Crippen LogP contribution is -2.27. The van der Waals surface area contributed by atoms with Crippen molar-refractivity contribution in [3.8, 4) is 5.75 Å². The zero-order valence-electron chi connectivity index (χ0n) is 13.3. The van der Waals surface area contributed by atoms with Crippen LogP contribution < -0.4 is 4.74 Å². The van der Waals surface area contributed by atoms with Crippen LogP contribution in [0.3, 0.4) is 0 Å². The van der Waals surface area contributed by atoms with Crippen molar-refractivity contribution in [2.24, 2.45) is 0 Å². The highest BCUT2D eigenvalue weighted by molar-refractivity contribution is 5.45. The van der Waals surface area contributed by atoms with Gasteiger partial charge in [0.1, 0.15) is 11.4 Å². The zero-order valence-corrected chi connectivity index (χ0v) is 13.3. The Labute approximate surface area is 127 Å². The molecule has 2 nitrogen and oxygen atoms in total. The molecule has 2 aromatic carbocycles. The first-order chi connectivity index (χ1) is 10.0. The largest absolute Gasteiger partial charge is 0.496 e. The van der Waals surface area contributed by atoms with Gasteiger partial charge in [-0.3, -0.25) is 0 Å². The molecule has 0 spiro atoms. The molecule has 112 valence electrons. The van der Waals surface area contributed by atoms with E-state index in [2.05, 4.69) is 26.0 Å². The van der Waals surface area contributed by atoms with Gasteiger partial charge in [0.05, 0.1) is 7.11 Å². The number of benzene rings is 2. The van der Waals surface area contributed by atoms with Crippen molar-refractivity contribution >= 4 is 0 Å². The summed E-state index contributed by atoms with van der Waals surface area (Å²) in [7, 11) is 1.64. The van der Waals surface area contributed by atoms with Crippen LogP contribution in [0, 0.1) is 0 Å². The molecule has 2 heteroatoms. The van der Waals surface area contributed by atoms with Gasteiger partial charge in [-0.25, -0.2) is 0 Å². The summed E-state index contributed by atoms with van der Waals surface area (Å²) in [6.45, 7) is 6.32. The van der Waals surface area contributed by atoms with Gasteiger partial charge in [-0.2, -0.15) is 0 Å². The van der Waals surface area contributed by atoms with Gasteiger partial charge in [-0.1, -0.05) is 63.2 Å². The summed E-state index contributed by atoms with van der Waals surface area (Å²) in [4.78, 5) is 0. The molecule has 0 bridgehead atoms. The molecule has 0 saturated carbocycles. The first-order valence-corrected chi connectivity index (χ1v) is 7.49. The monoisotopic (exact) mass is 284 g/mol. The van der Waals surface area contributed by atoms with Crippen molar-refractivity contribution in [3.63, 3.8) is 0 Å². The predicted octanol–water partition coefficient (Wildman–Crippen LogP) is 4.46. The second kappa shape index (κ2) is 6.31. The minimum Gasteiger partial charge on any atom is -0.496 e. The SMILES string of the molecule is CC[C@@](O)(c1ccc(C(C)C)cc1)c1ccccc1OC. The first-order valence-electron chi connectivity index (χ1n) is 7.49. The van der Waals surface area contributed by atoms with Crippen molar-refractivity contribution in [1.29, 1.82) is 0 Å². The van der Waals surface area contributed by atoms with Gasteiger partial charge < -0.3 is 9.84 Å². The first kappa shape index (κ1) is 15.6. The molecule has 0 aliphatic rings. The highest BCUT2D eigenvalue weighted by atomic mass is 16.5. The highest BCUT2D eigenvalue weighted by Gasteiger charge is 2.32. The molecule has 0 fully saturated rings. The number of hydrogen-bond donors (Lipinski definition) is 1. The Bertz CT molecular complexity index is 587. The minimum atomic E-state index is -1.03. The van der Waals surface area contributed by atoms with Crippen molar-refractivity contribution in [2.45, 2.75) is 38.7 Å². The Morgan fingerprint density at radius 2 is 1.67 bits per heavy atom. The van der Waals surface area contributed by atoms with Crippen LogP contribution in [0.5, 0.6) is 5.75 Å². The Hall–Kier alpha value is -1.80. The molecule has 1 N–H and O–H groups in total. The molecule has 0 aromatic heterocycles. The quantitative estimate of drug-likeness (QED) is 0.878. The van der Waals surface area contributed by atoms with E-state index in [1.54, 1.807) is 7.11 Å². The van der Waals surface area contributed by atoms with Gasteiger partial charge in [0.25, 0.3) is 0 Å². The fraction of sp³-hybridized carbons (Fsp3) is 0.368. The maximum atomic E-state index is 11.2. The van der Waals surface area contributed by atoms with Crippen LogP contribution in [0.15, 0.2) is 48.5 Å². The van der Waals surface area contributed by atoms with E-state index in [-0.39, 0.29) is 0 Å². The van der Waals surface area contributed by atoms with E-state index in [1.807, 2.05) is 43.3 Å². The Kier molecular flexibility index (Phi) is 4.69. The number of ether oxygens (including phenoxy) is 1. The molecule has 2 aromatic rings. The van der Waals surface area contributed by atoms with Crippen LogP contribution in [-0.2, 0) is 5.60 Å². The number of para-hydroxylation sites is 1. The smallest absolute Gasteiger partial charge is 0.125 e. The number of rotatable bonds is 5. The molecule has 0 radical (unpaired) electrons. The molecule has 0 unspecified atom stereocenters. The highest BCUT2D eigenvalue weighted by Crippen LogP contribution is 2.38. The fourth-order valence-electron chi connectivity index (χ4n) is 2.68. The third kappa shape index (κ3) is 2.96. The molecular formula is C19H24O2. The summed E-state index contributed by atoms with van der Waals surface area (Å²) in [5, 5.41) is 11.2. The normalized spacial score (nSPS) is 14.0. The zero-order chi connectivity index (χ0) is 15.5. The molecule has 2 rings (SSSR count). The molecule has 0 amide bonds. The molecule has 0 aliphatic heterocycles. The van der Waals surface area contributed by atoms with Gasteiger partial charge in [-0.15, -0.1) is 0 Å². The van der Waals surface area contributed by atoms with Crippen LogP contribution >= 0.6 is 0 Å². The Balaban J connectivity index is 2.50. The summed E-state index contributed by atoms with van der Waals surface area (Å²) in [6.07, 6.45) is 0.592. The minimum absolute atomic E-state index is 0.486. The van der Waals surface area contributed by atoms with Crippen molar-refractivity contribution in [3.05, 3.63) is 65.2 Å². The summed E-state index contributed by atoms with van der Waals surface area (Å²) in [6, 6.07) is 15.9. The molecule has 1 atom stereocenters. The molecule has 0 heterocycles. The number of hydrogen-bond acceptors (Lipinski definition) is 2. The average Bonchev–Trinajstić information content (AvgIpc) is 2.54. The maximum Gasteiger partial charge on any atom is 0.125 e. The summed E-state index contributed by atoms with van der Waals surface area (Å²) >= 11 is 0. The molecule has 21 heavy (non-hydrogen) atoms. The average molecular weight is 284 g/mol. The van der Waals surface area contributed by atoms with E-state index in [0.29, 0.717) is 12.3 Å². The van der Waals surface area contributed by atoms with Gasteiger partial charge in [0, 0.05) is 5.56 Å². The molecule has 0 aliphatic carbocycles. The summed E-state index contributed by atoms with van der Waals surface area (Å²) in [5.41, 5.74) is 1.96. The van der Waals surface area contributed by atoms with E-state index < -0.39 is 5.60 Å². The van der Waals surface area contributed by atoms with Gasteiger partial charge in [0.2, 0.25) is 0 Å². The van der Waals surface area contributed by atoms with E-state index >= 15 is 0 Å². The van der Waals surface area contributed by atoms with E-state index in [1.165, 1.54) is 5.56 Å². The van der Waals surface area contributed by atoms with Crippen molar-refractivity contribution < 1.29 is 9.84 Å². The third-order valence-electron chi connectivity index (χ3n) is 4.12.